The number of ether oxygens (including phenoxy) is 2. The molecule has 0 saturated carbocycles. The fourth-order valence-electron chi connectivity index (χ4n) is 2.34. The maximum absolute atomic E-state index is 11.1. The lowest BCUT2D eigenvalue weighted by Crippen LogP contribution is -2.06. The van der Waals surface area contributed by atoms with Crippen LogP contribution < -0.4 is 20.1 Å². The molecule has 27 heavy (non-hydrogen) atoms. The number of hydrogen-bond donors (Lipinski definition) is 2. The van der Waals surface area contributed by atoms with Gasteiger partial charge in [-0.15, -0.1) is 0 Å². The van der Waals surface area contributed by atoms with Crippen molar-refractivity contribution in [1.82, 2.24) is 15.0 Å². The first-order valence-corrected chi connectivity index (χ1v) is 8.16. The van der Waals surface area contributed by atoms with Crippen molar-refractivity contribution in [2.75, 3.05) is 24.9 Å². The van der Waals surface area contributed by atoms with Crippen LogP contribution >= 0.6 is 0 Å². The minimum atomic E-state index is -0.123. The van der Waals surface area contributed by atoms with Crippen molar-refractivity contribution >= 4 is 23.2 Å². The number of benzene rings is 2. The van der Waals surface area contributed by atoms with Gasteiger partial charge in [0.15, 0.2) is 5.82 Å². The second-order valence-electron chi connectivity index (χ2n) is 5.58. The van der Waals surface area contributed by atoms with Crippen molar-refractivity contribution in [3.05, 3.63) is 48.5 Å². The van der Waals surface area contributed by atoms with Crippen molar-refractivity contribution in [1.29, 1.82) is 0 Å². The summed E-state index contributed by atoms with van der Waals surface area (Å²) < 4.78 is 10.4. The van der Waals surface area contributed by atoms with E-state index in [1.54, 1.807) is 19.2 Å². The van der Waals surface area contributed by atoms with Crippen molar-refractivity contribution in [2.24, 2.45) is 0 Å². The molecule has 2 N–H and O–H groups in total. The highest BCUT2D eigenvalue weighted by Gasteiger charge is 2.10. The zero-order valence-electron chi connectivity index (χ0n) is 15.2. The molecular weight excluding hydrogens is 346 g/mol. The molecule has 138 valence electrons. The molecule has 0 saturated heterocycles. The lowest BCUT2D eigenvalue weighted by atomic mass is 10.2. The molecule has 0 aliphatic rings. The van der Waals surface area contributed by atoms with Gasteiger partial charge in [0, 0.05) is 23.9 Å². The number of nitrogens with zero attached hydrogens (tertiary/aromatic N) is 3. The summed E-state index contributed by atoms with van der Waals surface area (Å²) in [6.07, 6.45) is 0. The lowest BCUT2D eigenvalue weighted by Gasteiger charge is -2.09. The summed E-state index contributed by atoms with van der Waals surface area (Å²) >= 11 is 0. The van der Waals surface area contributed by atoms with E-state index in [1.807, 2.05) is 36.4 Å². The Morgan fingerprint density at radius 1 is 0.852 bits per heavy atom. The summed E-state index contributed by atoms with van der Waals surface area (Å²) in [6, 6.07) is 14.8. The SMILES string of the molecule is COc1ccc(-c2nc(Nc3ccc(NC(C)=O)cc3)nc(OC)n2)cc1. The van der Waals surface area contributed by atoms with Gasteiger partial charge >= 0.3 is 6.01 Å². The van der Waals surface area contributed by atoms with Gasteiger partial charge in [0.1, 0.15) is 5.75 Å². The van der Waals surface area contributed by atoms with Crippen LogP contribution in [0, 0.1) is 0 Å². The first-order chi connectivity index (χ1) is 13.1. The van der Waals surface area contributed by atoms with Crippen LogP contribution in [0.2, 0.25) is 0 Å². The normalized spacial score (nSPS) is 10.2. The second-order valence-corrected chi connectivity index (χ2v) is 5.58. The molecule has 0 aliphatic carbocycles. The Bertz CT molecular complexity index is 927. The fourth-order valence-corrected chi connectivity index (χ4v) is 2.34. The van der Waals surface area contributed by atoms with Crippen LogP contribution in [0.25, 0.3) is 11.4 Å². The number of amides is 1. The predicted molar refractivity (Wildman–Crippen MR) is 102 cm³/mol. The number of anilines is 3. The molecule has 0 bridgehead atoms. The van der Waals surface area contributed by atoms with Gasteiger partial charge in [0.2, 0.25) is 11.9 Å². The third-order valence-electron chi connectivity index (χ3n) is 3.61. The van der Waals surface area contributed by atoms with E-state index in [4.69, 9.17) is 9.47 Å². The van der Waals surface area contributed by atoms with Gasteiger partial charge in [-0.25, -0.2) is 0 Å². The summed E-state index contributed by atoms with van der Waals surface area (Å²) in [6.45, 7) is 1.46. The zero-order chi connectivity index (χ0) is 19.2. The monoisotopic (exact) mass is 365 g/mol. The molecule has 8 heteroatoms. The summed E-state index contributed by atoms with van der Waals surface area (Å²) in [4.78, 5) is 24.1. The summed E-state index contributed by atoms with van der Waals surface area (Å²) in [5.74, 6) is 1.45. The quantitative estimate of drug-likeness (QED) is 0.692. The minimum Gasteiger partial charge on any atom is -0.497 e. The molecule has 1 aromatic heterocycles. The number of methoxy groups -OCH3 is 2. The highest BCUT2D eigenvalue weighted by atomic mass is 16.5. The van der Waals surface area contributed by atoms with Gasteiger partial charge in [0.05, 0.1) is 14.2 Å². The number of hydrogen-bond acceptors (Lipinski definition) is 7. The highest BCUT2D eigenvalue weighted by Crippen LogP contribution is 2.23. The van der Waals surface area contributed by atoms with E-state index in [9.17, 15) is 4.79 Å². The molecule has 1 amide bonds. The maximum atomic E-state index is 11.1. The molecule has 0 radical (unpaired) electrons. The first-order valence-electron chi connectivity index (χ1n) is 8.16. The Morgan fingerprint density at radius 2 is 1.52 bits per heavy atom. The lowest BCUT2D eigenvalue weighted by molar-refractivity contribution is -0.114. The van der Waals surface area contributed by atoms with Crippen LogP contribution in [-0.2, 0) is 4.79 Å². The molecule has 0 spiro atoms. The fraction of sp³-hybridized carbons (Fsp3) is 0.158. The summed E-state index contributed by atoms with van der Waals surface area (Å²) in [5, 5.41) is 5.83. The van der Waals surface area contributed by atoms with Crippen molar-refractivity contribution in [2.45, 2.75) is 6.92 Å². The van der Waals surface area contributed by atoms with Crippen LogP contribution in [0.1, 0.15) is 6.92 Å². The molecule has 0 unspecified atom stereocenters. The molecule has 0 aliphatic heterocycles. The van der Waals surface area contributed by atoms with Crippen molar-refractivity contribution in [3.8, 4) is 23.1 Å². The Hall–Kier alpha value is -3.68. The summed E-state index contributed by atoms with van der Waals surface area (Å²) in [7, 11) is 3.11. The largest absolute Gasteiger partial charge is 0.497 e. The highest BCUT2D eigenvalue weighted by molar-refractivity contribution is 5.88. The number of rotatable bonds is 6. The van der Waals surface area contributed by atoms with Gasteiger partial charge in [-0.2, -0.15) is 15.0 Å². The standard InChI is InChI=1S/C19H19N5O3/c1-12(25)20-14-6-8-15(9-7-14)21-18-22-17(23-19(24-18)27-3)13-4-10-16(26-2)11-5-13/h4-11H,1-3H3,(H,20,25)(H,21,22,23,24). The van der Waals surface area contributed by atoms with E-state index < -0.39 is 0 Å². The van der Waals surface area contributed by atoms with Crippen molar-refractivity contribution < 1.29 is 14.3 Å². The maximum Gasteiger partial charge on any atom is 0.321 e. The van der Waals surface area contributed by atoms with Gasteiger partial charge in [-0.3, -0.25) is 4.79 Å². The third kappa shape index (κ3) is 4.69. The molecular formula is C19H19N5O3. The Morgan fingerprint density at radius 3 is 2.11 bits per heavy atom. The summed E-state index contributed by atoms with van der Waals surface area (Å²) in [5.41, 5.74) is 2.28. The second kappa shape index (κ2) is 8.13. The Kier molecular flexibility index (Phi) is 5.46. The van der Waals surface area contributed by atoms with Crippen LogP contribution in [0.3, 0.4) is 0 Å². The molecule has 1 heterocycles. The van der Waals surface area contributed by atoms with E-state index >= 15 is 0 Å². The average Bonchev–Trinajstić information content (AvgIpc) is 2.69. The Labute approximate surface area is 156 Å². The average molecular weight is 365 g/mol. The number of carbonyl (C=O) groups is 1. The topological polar surface area (TPSA) is 98.3 Å². The minimum absolute atomic E-state index is 0.123. The van der Waals surface area contributed by atoms with Crippen LogP contribution in [0.15, 0.2) is 48.5 Å². The van der Waals surface area contributed by atoms with Gasteiger partial charge < -0.3 is 20.1 Å². The van der Waals surface area contributed by atoms with Gasteiger partial charge in [-0.05, 0) is 48.5 Å². The number of aromatic nitrogens is 3. The van der Waals surface area contributed by atoms with Crippen LogP contribution in [0.4, 0.5) is 17.3 Å². The predicted octanol–water partition coefficient (Wildman–Crippen LogP) is 3.26. The van der Waals surface area contributed by atoms with E-state index in [1.165, 1.54) is 14.0 Å². The van der Waals surface area contributed by atoms with Gasteiger partial charge in [0.25, 0.3) is 0 Å². The molecule has 0 atom stereocenters. The van der Waals surface area contributed by atoms with Gasteiger partial charge in [-0.1, -0.05) is 0 Å². The van der Waals surface area contributed by atoms with Crippen LogP contribution in [0.5, 0.6) is 11.8 Å². The van der Waals surface area contributed by atoms with E-state index in [0.29, 0.717) is 17.5 Å². The molecule has 8 nitrogen and oxygen atoms in total. The third-order valence-corrected chi connectivity index (χ3v) is 3.61. The van der Waals surface area contributed by atoms with Crippen molar-refractivity contribution in [3.63, 3.8) is 0 Å². The number of nitrogens with one attached hydrogen (secondary N) is 2. The smallest absolute Gasteiger partial charge is 0.321 e. The van der Waals surface area contributed by atoms with E-state index in [-0.39, 0.29) is 11.9 Å². The van der Waals surface area contributed by atoms with E-state index in [2.05, 4.69) is 25.6 Å². The molecule has 2 aromatic carbocycles. The van der Waals surface area contributed by atoms with Crippen LogP contribution in [-0.4, -0.2) is 35.1 Å². The molecule has 0 fully saturated rings. The zero-order valence-corrected chi connectivity index (χ0v) is 15.2. The number of carbonyl (C=O) groups excluding carboxylic acids is 1. The molecule has 3 aromatic rings. The first kappa shape index (κ1) is 18.1. The Balaban J connectivity index is 1.85. The van der Waals surface area contributed by atoms with E-state index in [0.717, 1.165) is 17.0 Å². The molecule has 3 rings (SSSR count).